The molecule has 6 heteroatoms. The van der Waals surface area contributed by atoms with Crippen LogP contribution in [0, 0.1) is 0 Å². The van der Waals surface area contributed by atoms with Crippen LogP contribution < -0.4 is 11.5 Å². The highest BCUT2D eigenvalue weighted by atomic mass is 19.4. The van der Waals surface area contributed by atoms with Crippen molar-refractivity contribution in [3.63, 3.8) is 0 Å². The van der Waals surface area contributed by atoms with Gasteiger partial charge in [0, 0.05) is 6.20 Å². The molecule has 15 heavy (non-hydrogen) atoms. The largest absolute Gasteiger partial charge is 0.417 e. The fourth-order valence-corrected chi connectivity index (χ4v) is 0.652. The Bertz CT molecular complexity index is 287. The van der Waals surface area contributed by atoms with Gasteiger partial charge in [0.2, 0.25) is 0 Å². The second-order valence-corrected chi connectivity index (χ2v) is 2.92. The molecule has 1 unspecified atom stereocenters. The number of allylic oxidation sites excluding steroid dienone is 3. The number of nitrogens with zero attached hydrogens (tertiary/aromatic N) is 1. The third kappa shape index (κ3) is 5.21. The zero-order valence-electron chi connectivity index (χ0n) is 8.55. The molecule has 0 amide bonds. The van der Waals surface area contributed by atoms with Crippen molar-refractivity contribution in [1.29, 1.82) is 0 Å². The molecule has 0 saturated carbocycles. The van der Waals surface area contributed by atoms with Gasteiger partial charge < -0.3 is 11.5 Å². The van der Waals surface area contributed by atoms with Gasteiger partial charge in [0.1, 0.15) is 5.84 Å². The highest BCUT2D eigenvalue weighted by Gasteiger charge is 2.31. The Kier molecular flexibility index (Phi) is 5.07. The Labute approximate surface area is 86.4 Å². The molecule has 1 atom stereocenters. The quantitative estimate of drug-likeness (QED) is 0.433. The maximum atomic E-state index is 12.3. The molecule has 0 rings (SSSR count). The average molecular weight is 221 g/mol. The van der Waals surface area contributed by atoms with Crippen molar-refractivity contribution in [1.82, 2.24) is 0 Å². The van der Waals surface area contributed by atoms with Crippen LogP contribution in [0.4, 0.5) is 13.2 Å². The van der Waals surface area contributed by atoms with Gasteiger partial charge in [-0.05, 0) is 13.8 Å². The molecule has 0 bridgehead atoms. The van der Waals surface area contributed by atoms with Crippen LogP contribution in [0.5, 0.6) is 0 Å². The number of alkyl halides is 3. The van der Waals surface area contributed by atoms with Crippen molar-refractivity contribution >= 4 is 5.84 Å². The molecule has 0 aliphatic rings. The summed E-state index contributed by atoms with van der Waals surface area (Å²) >= 11 is 0. The van der Waals surface area contributed by atoms with E-state index in [-0.39, 0.29) is 5.84 Å². The van der Waals surface area contributed by atoms with Crippen LogP contribution in [0.25, 0.3) is 0 Å². The normalized spacial score (nSPS) is 17.2. The van der Waals surface area contributed by atoms with E-state index < -0.39 is 17.8 Å². The molecule has 4 N–H and O–H groups in total. The molecular weight excluding hydrogens is 207 g/mol. The first-order valence-corrected chi connectivity index (χ1v) is 4.27. The highest BCUT2D eigenvalue weighted by Crippen LogP contribution is 2.26. The summed E-state index contributed by atoms with van der Waals surface area (Å²) in [5, 5.41) is 0. The fourth-order valence-electron chi connectivity index (χ4n) is 0.652. The topological polar surface area (TPSA) is 64.4 Å². The fraction of sp³-hybridized carbons (Fsp3) is 0.444. The lowest BCUT2D eigenvalue weighted by Crippen LogP contribution is -2.33. The Hall–Kier alpha value is -1.30. The molecule has 0 heterocycles. The maximum absolute atomic E-state index is 12.3. The number of aliphatic imine (C=N–C) groups is 1. The molecule has 0 spiro atoms. The van der Waals surface area contributed by atoms with Crippen LogP contribution in [-0.2, 0) is 0 Å². The molecule has 0 aromatic rings. The Morgan fingerprint density at radius 2 is 1.93 bits per heavy atom. The van der Waals surface area contributed by atoms with Gasteiger partial charge in [-0.1, -0.05) is 12.2 Å². The zero-order chi connectivity index (χ0) is 12.1. The number of amidine groups is 1. The molecule has 3 nitrogen and oxygen atoms in total. The maximum Gasteiger partial charge on any atom is 0.417 e. The standard InChI is InChI=1S/C9H14F3N3/c1-3-4-7(9(10,11)12)5-15-8(14)6(2)13/h3-6H,13H2,1-2H3,(H2,14,15)/b4-3-,7-5+. The lowest BCUT2D eigenvalue weighted by molar-refractivity contribution is -0.0883. The first-order chi connectivity index (χ1) is 6.79. The highest BCUT2D eigenvalue weighted by molar-refractivity contribution is 5.85. The van der Waals surface area contributed by atoms with E-state index in [1.54, 1.807) is 0 Å². The minimum absolute atomic E-state index is 0.0405. The number of rotatable bonds is 3. The van der Waals surface area contributed by atoms with Gasteiger partial charge in [0.25, 0.3) is 0 Å². The summed E-state index contributed by atoms with van der Waals surface area (Å²) in [4.78, 5) is 3.45. The van der Waals surface area contributed by atoms with Gasteiger partial charge in [0.15, 0.2) is 0 Å². The summed E-state index contributed by atoms with van der Waals surface area (Å²) < 4.78 is 36.9. The minimum Gasteiger partial charge on any atom is -0.386 e. The van der Waals surface area contributed by atoms with Crippen LogP contribution in [0.3, 0.4) is 0 Å². The molecule has 0 aliphatic heterocycles. The van der Waals surface area contributed by atoms with E-state index in [4.69, 9.17) is 11.5 Å². The van der Waals surface area contributed by atoms with Crippen LogP contribution in [0.1, 0.15) is 13.8 Å². The van der Waals surface area contributed by atoms with Crippen molar-refractivity contribution in [2.24, 2.45) is 16.5 Å². The van der Waals surface area contributed by atoms with E-state index in [1.165, 1.54) is 19.9 Å². The number of hydrogen-bond donors (Lipinski definition) is 2. The average Bonchev–Trinajstić information content (AvgIpc) is 2.09. The third-order valence-electron chi connectivity index (χ3n) is 1.49. The number of halogens is 3. The van der Waals surface area contributed by atoms with E-state index in [0.717, 1.165) is 6.08 Å². The van der Waals surface area contributed by atoms with Crippen LogP contribution in [-0.4, -0.2) is 18.1 Å². The molecular formula is C9H14F3N3. The summed E-state index contributed by atoms with van der Waals surface area (Å²) in [5.74, 6) is -0.0405. The molecule has 0 aromatic carbocycles. The first kappa shape index (κ1) is 13.7. The van der Waals surface area contributed by atoms with E-state index in [1.807, 2.05) is 0 Å². The summed E-state index contributed by atoms with van der Waals surface area (Å²) in [6.45, 7) is 3.02. The van der Waals surface area contributed by atoms with Gasteiger partial charge in [-0.3, -0.25) is 0 Å². The van der Waals surface area contributed by atoms with E-state index in [2.05, 4.69) is 4.99 Å². The van der Waals surface area contributed by atoms with Crippen molar-refractivity contribution in [2.75, 3.05) is 0 Å². The van der Waals surface area contributed by atoms with Gasteiger partial charge in [0.05, 0.1) is 11.6 Å². The van der Waals surface area contributed by atoms with Gasteiger partial charge in [-0.2, -0.15) is 13.2 Å². The summed E-state index contributed by atoms with van der Waals surface area (Å²) in [7, 11) is 0. The summed E-state index contributed by atoms with van der Waals surface area (Å²) in [6, 6.07) is -0.568. The van der Waals surface area contributed by atoms with E-state index >= 15 is 0 Å². The minimum atomic E-state index is -4.44. The summed E-state index contributed by atoms with van der Waals surface area (Å²) in [6.07, 6.45) is -1.58. The van der Waals surface area contributed by atoms with Gasteiger partial charge >= 0.3 is 6.18 Å². The molecule has 86 valence electrons. The third-order valence-corrected chi connectivity index (χ3v) is 1.49. The number of hydrogen-bond acceptors (Lipinski definition) is 2. The van der Waals surface area contributed by atoms with Crippen LogP contribution in [0.2, 0.25) is 0 Å². The van der Waals surface area contributed by atoms with E-state index in [9.17, 15) is 13.2 Å². The molecule has 0 aromatic heterocycles. The predicted molar refractivity (Wildman–Crippen MR) is 54.2 cm³/mol. The number of nitrogens with two attached hydrogens (primary N) is 2. The van der Waals surface area contributed by atoms with E-state index in [0.29, 0.717) is 6.20 Å². The molecule has 0 radical (unpaired) electrons. The second-order valence-electron chi connectivity index (χ2n) is 2.92. The van der Waals surface area contributed by atoms with Gasteiger partial charge in [-0.15, -0.1) is 0 Å². The second kappa shape index (κ2) is 5.55. The van der Waals surface area contributed by atoms with Gasteiger partial charge in [-0.25, -0.2) is 4.99 Å². The van der Waals surface area contributed by atoms with Crippen molar-refractivity contribution in [2.45, 2.75) is 26.1 Å². The predicted octanol–water partition coefficient (Wildman–Crippen LogP) is 1.71. The molecule has 0 saturated heterocycles. The van der Waals surface area contributed by atoms with Crippen molar-refractivity contribution < 1.29 is 13.2 Å². The smallest absolute Gasteiger partial charge is 0.386 e. The lowest BCUT2D eigenvalue weighted by Gasteiger charge is -2.06. The Balaban J connectivity index is 4.95. The Morgan fingerprint density at radius 3 is 2.27 bits per heavy atom. The Morgan fingerprint density at radius 1 is 1.40 bits per heavy atom. The zero-order valence-corrected chi connectivity index (χ0v) is 8.55. The van der Waals surface area contributed by atoms with Crippen molar-refractivity contribution in [3.8, 4) is 0 Å². The van der Waals surface area contributed by atoms with Crippen molar-refractivity contribution in [3.05, 3.63) is 23.9 Å². The monoisotopic (exact) mass is 221 g/mol. The van der Waals surface area contributed by atoms with Crippen LogP contribution in [0.15, 0.2) is 28.9 Å². The first-order valence-electron chi connectivity index (χ1n) is 4.27. The summed E-state index contributed by atoms with van der Waals surface area (Å²) in [5.41, 5.74) is 9.75. The molecule has 0 aliphatic carbocycles. The van der Waals surface area contributed by atoms with Crippen LogP contribution >= 0.6 is 0 Å². The molecule has 0 fully saturated rings. The lowest BCUT2D eigenvalue weighted by atomic mass is 10.2. The SMILES string of the molecule is C/C=C\C(=C/N=C(N)C(C)N)C(F)(F)F.